The summed E-state index contributed by atoms with van der Waals surface area (Å²) in [5.74, 6) is 0.893. The maximum absolute atomic E-state index is 10.7. The van der Waals surface area contributed by atoms with Crippen molar-refractivity contribution in [2.75, 3.05) is 74.4 Å². The average molecular weight is 443 g/mol. The summed E-state index contributed by atoms with van der Waals surface area (Å²) >= 11 is 0. The summed E-state index contributed by atoms with van der Waals surface area (Å²) in [6.45, 7) is 4.92. The fourth-order valence-electron chi connectivity index (χ4n) is 3.21. The Balaban J connectivity index is 1.49. The highest BCUT2D eigenvalue weighted by Crippen LogP contribution is 2.19. The number of morpholine rings is 2. The molecule has 0 radical (unpaired) electrons. The molecule has 0 unspecified atom stereocenters. The van der Waals surface area contributed by atoms with Crippen molar-refractivity contribution in [2.45, 2.75) is 0 Å². The normalized spacial score (nSPS) is 16.9. The quantitative estimate of drug-likeness (QED) is 0.435. The van der Waals surface area contributed by atoms with Crippen LogP contribution in [-0.2, 0) is 14.3 Å². The first kappa shape index (κ1) is 21.7. The van der Waals surface area contributed by atoms with Gasteiger partial charge in [-0.05, 0) is 17.7 Å². The summed E-state index contributed by atoms with van der Waals surface area (Å²) in [6.07, 6.45) is 1.58. The van der Waals surface area contributed by atoms with Crippen LogP contribution >= 0.6 is 0 Å². The lowest BCUT2D eigenvalue weighted by Crippen LogP contribution is -2.40. The van der Waals surface area contributed by atoms with Crippen molar-refractivity contribution in [1.29, 1.82) is 0 Å². The average Bonchev–Trinajstić information content (AvgIpc) is 2.84. The second kappa shape index (κ2) is 10.7. The second-order valence-corrected chi connectivity index (χ2v) is 7.08. The van der Waals surface area contributed by atoms with Crippen molar-refractivity contribution >= 4 is 30.0 Å². The van der Waals surface area contributed by atoms with Crippen molar-refractivity contribution in [2.24, 2.45) is 5.10 Å². The zero-order valence-corrected chi connectivity index (χ0v) is 17.5. The predicted molar refractivity (Wildman–Crippen MR) is 117 cm³/mol. The van der Waals surface area contributed by atoms with E-state index >= 15 is 0 Å². The largest absolute Gasteiger partial charge is 0.482 e. The molecule has 1 aromatic carbocycles. The lowest BCUT2D eigenvalue weighted by Gasteiger charge is -2.30. The molecule has 170 valence electrons. The highest BCUT2D eigenvalue weighted by atomic mass is 16.5. The molecule has 0 atom stereocenters. The monoisotopic (exact) mass is 443 g/mol. The van der Waals surface area contributed by atoms with Crippen molar-refractivity contribution < 1.29 is 24.1 Å². The summed E-state index contributed by atoms with van der Waals surface area (Å²) in [4.78, 5) is 28.5. The molecule has 0 aliphatic carbocycles. The number of aliphatic carboxylic acids is 1. The molecule has 0 amide bonds. The molecular formula is C20H25N7O5. The van der Waals surface area contributed by atoms with Crippen molar-refractivity contribution in [3.05, 3.63) is 29.8 Å². The van der Waals surface area contributed by atoms with Gasteiger partial charge in [-0.15, -0.1) is 0 Å². The maximum Gasteiger partial charge on any atom is 0.341 e. The van der Waals surface area contributed by atoms with E-state index in [0.29, 0.717) is 76.2 Å². The van der Waals surface area contributed by atoms with Crippen molar-refractivity contribution in [3.63, 3.8) is 0 Å². The van der Waals surface area contributed by atoms with E-state index in [1.165, 1.54) is 0 Å². The van der Waals surface area contributed by atoms with Gasteiger partial charge in [0.15, 0.2) is 6.61 Å². The van der Waals surface area contributed by atoms with Crippen LogP contribution in [0.4, 0.5) is 17.8 Å². The molecule has 12 heteroatoms. The summed E-state index contributed by atoms with van der Waals surface area (Å²) in [6, 6.07) is 6.96. The third-order valence-electron chi connectivity index (χ3n) is 4.80. The molecule has 32 heavy (non-hydrogen) atoms. The number of rotatable bonds is 8. The first-order valence-electron chi connectivity index (χ1n) is 10.3. The smallest absolute Gasteiger partial charge is 0.341 e. The Bertz CT molecular complexity index is 909. The van der Waals surface area contributed by atoms with Crippen molar-refractivity contribution in [1.82, 2.24) is 15.0 Å². The third-order valence-corrected chi connectivity index (χ3v) is 4.80. The lowest BCUT2D eigenvalue weighted by molar-refractivity contribution is -0.139. The molecule has 4 rings (SSSR count). The van der Waals surface area contributed by atoms with Gasteiger partial charge in [0.1, 0.15) is 5.75 Å². The summed E-state index contributed by atoms with van der Waals surface area (Å²) in [7, 11) is 0. The van der Waals surface area contributed by atoms with E-state index in [9.17, 15) is 4.79 Å². The highest BCUT2D eigenvalue weighted by molar-refractivity contribution is 5.80. The zero-order valence-electron chi connectivity index (χ0n) is 17.5. The van der Waals surface area contributed by atoms with Gasteiger partial charge >= 0.3 is 5.97 Å². The van der Waals surface area contributed by atoms with Crippen LogP contribution in [0.2, 0.25) is 0 Å². The Hall–Kier alpha value is -3.51. The molecule has 2 fully saturated rings. The van der Waals surface area contributed by atoms with E-state index in [4.69, 9.17) is 19.3 Å². The van der Waals surface area contributed by atoms with Crippen LogP contribution in [0.25, 0.3) is 0 Å². The minimum Gasteiger partial charge on any atom is -0.482 e. The number of hydrazone groups is 1. The molecule has 3 heterocycles. The van der Waals surface area contributed by atoms with E-state index in [2.05, 4.69) is 35.3 Å². The van der Waals surface area contributed by atoms with Gasteiger partial charge in [0.2, 0.25) is 17.8 Å². The van der Waals surface area contributed by atoms with Gasteiger partial charge in [-0.1, -0.05) is 12.1 Å². The number of carboxylic acids is 1. The van der Waals surface area contributed by atoms with Crippen molar-refractivity contribution in [3.8, 4) is 5.75 Å². The molecule has 0 bridgehead atoms. The topological polar surface area (TPSA) is 135 Å². The molecule has 1 aromatic heterocycles. The van der Waals surface area contributed by atoms with Crippen LogP contribution in [0.5, 0.6) is 5.75 Å². The molecule has 2 saturated heterocycles. The fraction of sp³-hybridized carbons (Fsp3) is 0.450. The van der Waals surface area contributed by atoms with Gasteiger partial charge < -0.3 is 29.1 Å². The predicted octanol–water partition coefficient (Wildman–Crippen LogP) is 0.454. The van der Waals surface area contributed by atoms with Gasteiger partial charge in [0.25, 0.3) is 0 Å². The summed E-state index contributed by atoms with van der Waals surface area (Å²) in [5, 5.41) is 13.0. The Morgan fingerprint density at radius 3 is 2.28 bits per heavy atom. The minimum absolute atomic E-state index is 0.331. The van der Waals surface area contributed by atoms with E-state index < -0.39 is 12.6 Å². The van der Waals surface area contributed by atoms with Crippen LogP contribution in [-0.4, -0.2) is 91.5 Å². The number of carboxylic acid groups (broad SMARTS) is 1. The maximum atomic E-state index is 10.7. The Morgan fingerprint density at radius 1 is 1.06 bits per heavy atom. The van der Waals surface area contributed by atoms with Gasteiger partial charge in [-0.3, -0.25) is 0 Å². The molecular weight excluding hydrogens is 418 g/mol. The molecule has 0 spiro atoms. The highest BCUT2D eigenvalue weighted by Gasteiger charge is 2.20. The van der Waals surface area contributed by atoms with Crippen LogP contribution in [0.1, 0.15) is 5.56 Å². The van der Waals surface area contributed by atoms with Crippen LogP contribution in [0.3, 0.4) is 0 Å². The van der Waals surface area contributed by atoms with Gasteiger partial charge in [-0.25, -0.2) is 10.2 Å². The van der Waals surface area contributed by atoms with E-state index in [0.717, 1.165) is 5.56 Å². The van der Waals surface area contributed by atoms with Gasteiger partial charge in [-0.2, -0.15) is 20.1 Å². The van der Waals surface area contributed by atoms with Gasteiger partial charge in [0.05, 0.1) is 32.6 Å². The number of benzene rings is 1. The number of hydrogen-bond acceptors (Lipinski definition) is 11. The Labute approximate surface area is 184 Å². The summed E-state index contributed by atoms with van der Waals surface area (Å²) < 4.78 is 16.1. The Morgan fingerprint density at radius 2 is 1.69 bits per heavy atom. The lowest BCUT2D eigenvalue weighted by atomic mass is 10.2. The van der Waals surface area contributed by atoms with Crippen LogP contribution in [0, 0.1) is 0 Å². The zero-order chi connectivity index (χ0) is 22.2. The minimum atomic E-state index is -1.03. The molecule has 2 N–H and O–H groups in total. The molecule has 2 aromatic rings. The molecule has 2 aliphatic rings. The second-order valence-electron chi connectivity index (χ2n) is 7.08. The van der Waals surface area contributed by atoms with Crippen LogP contribution < -0.4 is 20.0 Å². The van der Waals surface area contributed by atoms with E-state index in [1.807, 2.05) is 6.07 Å². The number of nitrogens with one attached hydrogen (secondary N) is 1. The number of anilines is 3. The standard InChI is InChI=1S/C20H25N7O5/c28-17(29)14-32-16-3-1-2-15(12-16)13-21-25-18-22-19(26-4-8-30-9-5-26)24-20(23-18)27-6-10-31-11-7-27/h1-3,12-13H,4-11,14H2,(H,28,29)(H,22,23,24,25). The molecule has 12 nitrogen and oxygen atoms in total. The van der Waals surface area contributed by atoms with Gasteiger partial charge in [0, 0.05) is 26.2 Å². The molecule has 0 saturated carbocycles. The summed E-state index contributed by atoms with van der Waals surface area (Å²) in [5.41, 5.74) is 3.61. The number of carbonyl (C=O) groups is 1. The van der Waals surface area contributed by atoms with Crippen LogP contribution in [0.15, 0.2) is 29.4 Å². The van der Waals surface area contributed by atoms with E-state index in [-0.39, 0.29) is 0 Å². The number of ether oxygens (including phenoxy) is 3. The SMILES string of the molecule is O=C(O)COc1cccc(C=NNc2nc(N3CCOCC3)nc(N3CCOCC3)n2)c1. The Kier molecular flexibility index (Phi) is 7.25. The molecule has 2 aliphatic heterocycles. The first-order chi connectivity index (χ1) is 15.7. The first-order valence-corrected chi connectivity index (χ1v) is 10.3. The number of hydrogen-bond donors (Lipinski definition) is 2. The third kappa shape index (κ3) is 6.02. The number of aromatic nitrogens is 3. The fourth-order valence-corrected chi connectivity index (χ4v) is 3.21. The van der Waals surface area contributed by atoms with E-state index in [1.54, 1.807) is 24.4 Å². The number of nitrogens with zero attached hydrogens (tertiary/aromatic N) is 6.